The van der Waals surface area contributed by atoms with Gasteiger partial charge in [-0.25, -0.2) is 4.39 Å². The van der Waals surface area contributed by atoms with Gasteiger partial charge in [0.25, 0.3) is 0 Å². The largest absolute Gasteiger partial charge is 0.417 e. The van der Waals surface area contributed by atoms with Crippen molar-refractivity contribution in [2.24, 2.45) is 0 Å². The molecule has 0 aliphatic carbocycles. The normalized spacial score (nSPS) is 12.6. The van der Waals surface area contributed by atoms with E-state index in [4.69, 9.17) is 0 Å². The quantitative estimate of drug-likeness (QED) is 0.251. The number of nitrogens with zero attached hydrogens (tertiary/aromatic N) is 2. The van der Waals surface area contributed by atoms with Gasteiger partial charge in [0, 0.05) is 23.5 Å². The summed E-state index contributed by atoms with van der Waals surface area (Å²) in [6.45, 7) is 14.2. The van der Waals surface area contributed by atoms with Crippen LogP contribution in [0.1, 0.15) is 63.8 Å². The van der Waals surface area contributed by atoms with Gasteiger partial charge in [0.2, 0.25) is 0 Å². The predicted octanol–water partition coefficient (Wildman–Crippen LogP) is 9.54. The lowest BCUT2D eigenvalue weighted by Crippen LogP contribution is -2.12. The number of hydrogen-bond donors (Lipinski definition) is 0. The maximum atomic E-state index is 15.4. The molecule has 0 N–H and O–H groups in total. The van der Waals surface area contributed by atoms with Crippen molar-refractivity contribution >= 4 is 0 Å². The zero-order valence-electron chi connectivity index (χ0n) is 22.8. The zero-order chi connectivity index (χ0) is 28.0. The van der Waals surface area contributed by atoms with E-state index in [0.29, 0.717) is 22.4 Å². The average molecular weight is 521 g/mol. The summed E-state index contributed by atoms with van der Waals surface area (Å²) in [6, 6.07) is 15.9. The van der Waals surface area contributed by atoms with Crippen LogP contribution >= 0.6 is 0 Å². The number of rotatable bonds is 3. The zero-order valence-corrected chi connectivity index (χ0v) is 22.8. The second kappa shape index (κ2) is 9.64. The molecular formula is C32H32F4N2. The molecule has 0 atom stereocenters. The minimum Gasteiger partial charge on any atom is -0.256 e. The first-order chi connectivity index (χ1) is 17.6. The van der Waals surface area contributed by atoms with E-state index in [1.165, 1.54) is 6.07 Å². The van der Waals surface area contributed by atoms with Crippen molar-refractivity contribution in [3.63, 3.8) is 0 Å². The molecule has 0 aliphatic rings. The molecule has 4 rings (SSSR count). The molecule has 0 spiro atoms. The summed E-state index contributed by atoms with van der Waals surface area (Å²) >= 11 is 0. The average Bonchev–Trinajstić information content (AvgIpc) is 2.83. The third kappa shape index (κ3) is 5.50. The lowest BCUT2D eigenvalue weighted by molar-refractivity contribution is -0.137. The fraction of sp³-hybridized carbons (Fsp3) is 0.312. The molecular weight excluding hydrogens is 488 g/mol. The van der Waals surface area contributed by atoms with Gasteiger partial charge < -0.3 is 0 Å². The highest BCUT2D eigenvalue weighted by atomic mass is 19.4. The van der Waals surface area contributed by atoms with Gasteiger partial charge in [0.15, 0.2) is 5.82 Å². The summed E-state index contributed by atoms with van der Waals surface area (Å²) in [5.74, 6) is -0.402. The van der Waals surface area contributed by atoms with Crippen molar-refractivity contribution in [3.05, 3.63) is 95.1 Å². The molecule has 0 aliphatic heterocycles. The van der Waals surface area contributed by atoms with Gasteiger partial charge in [0.1, 0.15) is 5.69 Å². The van der Waals surface area contributed by atoms with Crippen molar-refractivity contribution < 1.29 is 17.6 Å². The van der Waals surface area contributed by atoms with E-state index < -0.39 is 17.6 Å². The van der Waals surface area contributed by atoms with E-state index in [-0.39, 0.29) is 16.5 Å². The van der Waals surface area contributed by atoms with Gasteiger partial charge in [-0.15, -0.1) is 0 Å². The number of aryl methyl sites for hydroxylation is 1. The molecule has 6 heteroatoms. The second-order valence-corrected chi connectivity index (χ2v) is 11.7. The van der Waals surface area contributed by atoms with Gasteiger partial charge in [-0.2, -0.15) is 13.2 Å². The smallest absolute Gasteiger partial charge is 0.256 e. The van der Waals surface area contributed by atoms with Gasteiger partial charge >= 0.3 is 6.18 Å². The SMILES string of the molecule is Cc1ccnc(-c2cc(C(C)(C)C)ccc2-c2ccc(C(C)(C)C)cc2-c2ccc(C(F)(F)F)cn2)c1F. The van der Waals surface area contributed by atoms with E-state index in [1.54, 1.807) is 19.2 Å². The lowest BCUT2D eigenvalue weighted by Gasteiger charge is -2.24. The van der Waals surface area contributed by atoms with E-state index in [2.05, 4.69) is 51.5 Å². The monoisotopic (exact) mass is 520 g/mol. The molecule has 0 fully saturated rings. The van der Waals surface area contributed by atoms with Crippen molar-refractivity contribution in [1.29, 1.82) is 0 Å². The van der Waals surface area contributed by atoms with Gasteiger partial charge in [-0.1, -0.05) is 65.8 Å². The minimum atomic E-state index is -4.48. The van der Waals surface area contributed by atoms with Crippen LogP contribution < -0.4 is 0 Å². The van der Waals surface area contributed by atoms with Crippen LogP contribution in [0.4, 0.5) is 17.6 Å². The Morgan fingerprint density at radius 3 is 1.63 bits per heavy atom. The lowest BCUT2D eigenvalue weighted by atomic mass is 9.81. The maximum absolute atomic E-state index is 15.4. The number of pyridine rings is 2. The summed E-state index contributed by atoms with van der Waals surface area (Å²) in [7, 11) is 0. The summed E-state index contributed by atoms with van der Waals surface area (Å²) in [5.41, 5.74) is 4.69. The number of benzene rings is 2. The topological polar surface area (TPSA) is 25.8 Å². The highest BCUT2D eigenvalue weighted by Gasteiger charge is 2.31. The van der Waals surface area contributed by atoms with Crippen LogP contribution in [0.15, 0.2) is 67.0 Å². The third-order valence-electron chi connectivity index (χ3n) is 6.77. The standard InChI is InChI=1S/C32H32F4N2/c1-19-14-15-37-29(28(19)33)26-17-21(31(5,6)7)9-12-24(26)23-11-8-20(30(2,3)4)16-25(23)27-13-10-22(18-38-27)32(34,35)36/h8-18H,1-7H3. The first kappa shape index (κ1) is 27.5. The maximum Gasteiger partial charge on any atom is 0.417 e. The number of aromatic nitrogens is 2. The van der Waals surface area contributed by atoms with Gasteiger partial charge in [-0.05, 0) is 75.9 Å². The Hall–Kier alpha value is -3.54. The second-order valence-electron chi connectivity index (χ2n) is 11.7. The van der Waals surface area contributed by atoms with E-state index in [1.807, 2.05) is 36.4 Å². The van der Waals surface area contributed by atoms with Crippen LogP contribution in [0.25, 0.3) is 33.6 Å². The summed E-state index contributed by atoms with van der Waals surface area (Å²) in [4.78, 5) is 8.61. The number of hydrogen-bond acceptors (Lipinski definition) is 2. The Morgan fingerprint density at radius 2 is 1.13 bits per heavy atom. The Balaban J connectivity index is 2.03. The van der Waals surface area contributed by atoms with Crippen LogP contribution in [-0.2, 0) is 17.0 Å². The van der Waals surface area contributed by atoms with Crippen molar-refractivity contribution in [1.82, 2.24) is 9.97 Å². The summed E-state index contributed by atoms with van der Waals surface area (Å²) < 4.78 is 55.2. The summed E-state index contributed by atoms with van der Waals surface area (Å²) in [5, 5.41) is 0. The van der Waals surface area contributed by atoms with Crippen LogP contribution in [-0.4, -0.2) is 9.97 Å². The predicted molar refractivity (Wildman–Crippen MR) is 145 cm³/mol. The molecule has 0 radical (unpaired) electrons. The molecule has 0 unspecified atom stereocenters. The molecule has 0 saturated carbocycles. The molecule has 198 valence electrons. The molecule has 0 bridgehead atoms. The molecule has 4 aromatic rings. The molecule has 2 aromatic heterocycles. The number of alkyl halides is 3. The fourth-order valence-electron chi connectivity index (χ4n) is 4.35. The summed E-state index contributed by atoms with van der Waals surface area (Å²) in [6.07, 6.45) is -2.04. The van der Waals surface area contributed by atoms with Crippen LogP contribution in [0, 0.1) is 12.7 Å². The Bertz CT molecular complexity index is 1470. The minimum absolute atomic E-state index is 0.193. The van der Waals surface area contributed by atoms with Gasteiger partial charge in [0.05, 0.1) is 11.3 Å². The van der Waals surface area contributed by atoms with Crippen molar-refractivity contribution in [2.75, 3.05) is 0 Å². The first-order valence-corrected chi connectivity index (χ1v) is 12.5. The third-order valence-corrected chi connectivity index (χ3v) is 6.77. The molecule has 0 saturated heterocycles. The number of halogens is 4. The molecule has 2 nitrogen and oxygen atoms in total. The molecule has 2 aromatic carbocycles. The highest BCUT2D eigenvalue weighted by Crippen LogP contribution is 2.42. The first-order valence-electron chi connectivity index (χ1n) is 12.5. The van der Waals surface area contributed by atoms with Crippen LogP contribution in [0.2, 0.25) is 0 Å². The molecule has 2 heterocycles. The van der Waals surface area contributed by atoms with Gasteiger partial charge in [-0.3, -0.25) is 9.97 Å². The van der Waals surface area contributed by atoms with E-state index in [9.17, 15) is 13.2 Å². The Morgan fingerprint density at radius 1 is 0.605 bits per heavy atom. The Labute approximate surface area is 221 Å². The fourth-order valence-corrected chi connectivity index (χ4v) is 4.35. The Kier molecular flexibility index (Phi) is 6.98. The highest BCUT2D eigenvalue weighted by molar-refractivity contribution is 5.91. The molecule has 0 amide bonds. The van der Waals surface area contributed by atoms with Crippen molar-refractivity contribution in [3.8, 4) is 33.6 Å². The van der Waals surface area contributed by atoms with Crippen LogP contribution in [0.3, 0.4) is 0 Å². The van der Waals surface area contributed by atoms with Crippen molar-refractivity contribution in [2.45, 2.75) is 65.5 Å². The van der Waals surface area contributed by atoms with E-state index in [0.717, 1.165) is 34.5 Å². The van der Waals surface area contributed by atoms with Crippen LogP contribution in [0.5, 0.6) is 0 Å². The van der Waals surface area contributed by atoms with E-state index >= 15 is 4.39 Å². The molecule has 38 heavy (non-hydrogen) atoms.